The summed E-state index contributed by atoms with van der Waals surface area (Å²) >= 11 is 0. The van der Waals surface area contributed by atoms with Gasteiger partial charge in [-0.15, -0.1) is 0 Å². The lowest BCUT2D eigenvalue weighted by molar-refractivity contribution is -0.229. The minimum atomic E-state index is 0.0684. The number of rotatable bonds is 13. The van der Waals surface area contributed by atoms with Gasteiger partial charge in [0.15, 0.2) is 0 Å². The molecular formula is C31H56O6. The summed E-state index contributed by atoms with van der Waals surface area (Å²) in [4.78, 5) is 0. The van der Waals surface area contributed by atoms with Gasteiger partial charge in [0.25, 0.3) is 0 Å². The van der Waals surface area contributed by atoms with Gasteiger partial charge in [-0.2, -0.15) is 0 Å². The van der Waals surface area contributed by atoms with Crippen molar-refractivity contribution in [2.75, 3.05) is 39.6 Å². The second-order valence-electron chi connectivity index (χ2n) is 13.3. The fourth-order valence-electron chi connectivity index (χ4n) is 9.98. The Hall–Kier alpha value is -0.240. The maximum absolute atomic E-state index is 9.72. The predicted octanol–water partition coefficient (Wildman–Crippen LogP) is 4.82. The fourth-order valence-corrected chi connectivity index (χ4v) is 9.98. The van der Waals surface area contributed by atoms with Crippen LogP contribution in [-0.4, -0.2) is 73.3 Å². The molecule has 4 fully saturated rings. The van der Waals surface area contributed by atoms with E-state index in [2.05, 4.69) is 27.7 Å². The van der Waals surface area contributed by atoms with Crippen molar-refractivity contribution in [3.8, 4) is 0 Å². The fraction of sp³-hybridized carbons (Fsp3) is 1.00. The molecule has 37 heavy (non-hydrogen) atoms. The van der Waals surface area contributed by atoms with Gasteiger partial charge in [-0.1, -0.05) is 47.0 Å². The molecule has 0 bridgehead atoms. The first kappa shape index (κ1) is 29.7. The van der Waals surface area contributed by atoms with Crippen molar-refractivity contribution in [1.29, 1.82) is 0 Å². The van der Waals surface area contributed by atoms with Crippen molar-refractivity contribution in [3.05, 3.63) is 0 Å². The van der Waals surface area contributed by atoms with Crippen LogP contribution in [0.15, 0.2) is 0 Å². The van der Waals surface area contributed by atoms with Crippen LogP contribution < -0.4 is 0 Å². The number of hydrogen-bond acceptors (Lipinski definition) is 6. The Kier molecular flexibility index (Phi) is 10.4. The summed E-state index contributed by atoms with van der Waals surface area (Å²) in [6.45, 7) is 11.3. The number of unbranched alkanes of at least 4 members (excludes halogenated alkanes) is 1. The van der Waals surface area contributed by atoms with Gasteiger partial charge >= 0.3 is 0 Å². The topological polar surface area (TPSA) is 88.4 Å². The molecular weight excluding hydrogens is 468 g/mol. The molecule has 0 aromatic heterocycles. The first-order valence-corrected chi connectivity index (χ1v) is 15.5. The van der Waals surface area contributed by atoms with E-state index in [0.717, 1.165) is 32.1 Å². The number of aliphatic hydroxyl groups excluding tert-OH is 3. The van der Waals surface area contributed by atoms with Gasteiger partial charge in [0.2, 0.25) is 0 Å². The van der Waals surface area contributed by atoms with Gasteiger partial charge in [-0.05, 0) is 85.9 Å². The van der Waals surface area contributed by atoms with Gasteiger partial charge in [0.1, 0.15) is 0 Å². The summed E-state index contributed by atoms with van der Waals surface area (Å²) in [5.41, 5.74) is 0.311. The lowest BCUT2D eigenvalue weighted by atomic mass is 9.43. The van der Waals surface area contributed by atoms with Crippen molar-refractivity contribution in [2.24, 2.45) is 46.3 Å². The highest BCUT2D eigenvalue weighted by Gasteiger charge is 2.66. The van der Waals surface area contributed by atoms with Gasteiger partial charge in [-0.25, -0.2) is 0 Å². The molecule has 0 aromatic rings. The number of aliphatic hydroxyl groups is 3. The highest BCUT2D eigenvalue weighted by Crippen LogP contribution is 2.69. The first-order valence-electron chi connectivity index (χ1n) is 15.5. The van der Waals surface area contributed by atoms with Gasteiger partial charge < -0.3 is 29.5 Å². The second-order valence-corrected chi connectivity index (χ2v) is 13.3. The Bertz CT molecular complexity index is 703. The van der Waals surface area contributed by atoms with Crippen LogP contribution in [0.3, 0.4) is 0 Å². The zero-order valence-corrected chi connectivity index (χ0v) is 24.1. The minimum Gasteiger partial charge on any atom is -0.394 e. The molecule has 4 aliphatic carbocycles. The minimum absolute atomic E-state index is 0.0684. The number of hydrogen-bond donors (Lipinski definition) is 3. The normalized spacial score (nSPS) is 44.2. The van der Waals surface area contributed by atoms with Gasteiger partial charge in [-0.3, -0.25) is 0 Å². The molecule has 4 rings (SSSR count). The van der Waals surface area contributed by atoms with Crippen LogP contribution in [0, 0.1) is 46.3 Å². The van der Waals surface area contributed by atoms with E-state index >= 15 is 0 Å². The van der Waals surface area contributed by atoms with Crippen molar-refractivity contribution in [1.82, 2.24) is 0 Å². The SMILES string of the molecule is CCCCC(C)C1CCC2C3C(OCCO)CC4CC(OCCO)CCC4(C)C3CC(OCCO)C12C. The molecule has 0 heterocycles. The Morgan fingerprint density at radius 2 is 1.54 bits per heavy atom. The number of fused-ring (bicyclic) bond motifs is 5. The van der Waals surface area contributed by atoms with Crippen LogP contribution >= 0.6 is 0 Å². The van der Waals surface area contributed by atoms with Crippen molar-refractivity contribution >= 4 is 0 Å². The molecule has 11 atom stereocenters. The van der Waals surface area contributed by atoms with Crippen LogP contribution in [0.4, 0.5) is 0 Å². The summed E-state index contributed by atoms with van der Waals surface area (Å²) in [5, 5.41) is 28.7. The van der Waals surface area contributed by atoms with E-state index < -0.39 is 0 Å². The van der Waals surface area contributed by atoms with Crippen molar-refractivity contribution in [2.45, 2.75) is 110 Å². The molecule has 0 aromatic carbocycles. The molecule has 0 saturated heterocycles. The Morgan fingerprint density at radius 1 is 0.838 bits per heavy atom. The van der Waals surface area contributed by atoms with Crippen LogP contribution in [-0.2, 0) is 14.2 Å². The van der Waals surface area contributed by atoms with E-state index in [-0.39, 0.29) is 49.0 Å². The quantitative estimate of drug-likeness (QED) is 0.320. The summed E-state index contributed by atoms with van der Waals surface area (Å²) in [7, 11) is 0. The lowest BCUT2D eigenvalue weighted by Crippen LogP contribution is -2.63. The zero-order valence-electron chi connectivity index (χ0n) is 24.1. The van der Waals surface area contributed by atoms with E-state index in [4.69, 9.17) is 14.2 Å². The molecule has 0 aliphatic heterocycles. The summed E-state index contributed by atoms with van der Waals surface area (Å²) in [6.07, 6.45) is 12.2. The Labute approximate surface area is 225 Å². The monoisotopic (exact) mass is 524 g/mol. The first-order chi connectivity index (χ1) is 17.8. The predicted molar refractivity (Wildman–Crippen MR) is 145 cm³/mol. The van der Waals surface area contributed by atoms with E-state index in [1.54, 1.807) is 0 Å². The van der Waals surface area contributed by atoms with Gasteiger partial charge in [0, 0.05) is 5.41 Å². The molecule has 6 heteroatoms. The standard InChI is InChI=1S/C31H56O6/c1-5-6-7-21(2)24-8-9-25-29-26(20-28(31(24,25)4)37-17-14-34)30(3)11-10-23(35-15-12-32)18-22(30)19-27(29)36-16-13-33/h21-29,32-34H,5-20H2,1-4H3. The lowest BCUT2D eigenvalue weighted by Gasteiger charge is -2.64. The molecule has 4 aliphatic rings. The van der Waals surface area contributed by atoms with E-state index in [0.29, 0.717) is 55.3 Å². The third-order valence-electron chi connectivity index (χ3n) is 11.7. The third-order valence-corrected chi connectivity index (χ3v) is 11.7. The molecule has 0 radical (unpaired) electrons. The third kappa shape index (κ3) is 5.67. The number of ether oxygens (including phenoxy) is 3. The van der Waals surface area contributed by atoms with E-state index in [1.807, 2.05) is 0 Å². The highest BCUT2D eigenvalue weighted by molar-refractivity contribution is 5.15. The van der Waals surface area contributed by atoms with Gasteiger partial charge in [0.05, 0.1) is 58.0 Å². The largest absolute Gasteiger partial charge is 0.394 e. The van der Waals surface area contributed by atoms with Crippen molar-refractivity contribution in [3.63, 3.8) is 0 Å². The average Bonchev–Trinajstić information content (AvgIpc) is 3.26. The molecule has 3 N–H and O–H groups in total. The highest BCUT2D eigenvalue weighted by atomic mass is 16.5. The molecule has 216 valence electrons. The Morgan fingerprint density at radius 3 is 2.24 bits per heavy atom. The molecule has 6 nitrogen and oxygen atoms in total. The van der Waals surface area contributed by atoms with E-state index in [1.165, 1.54) is 32.1 Å². The summed E-state index contributed by atoms with van der Waals surface area (Å²) < 4.78 is 19.2. The molecule has 0 amide bonds. The van der Waals surface area contributed by atoms with Crippen LogP contribution in [0.5, 0.6) is 0 Å². The molecule has 11 unspecified atom stereocenters. The van der Waals surface area contributed by atoms with Crippen LogP contribution in [0.1, 0.15) is 91.9 Å². The molecule has 4 saturated carbocycles. The Balaban J connectivity index is 1.66. The zero-order chi connectivity index (χ0) is 26.6. The van der Waals surface area contributed by atoms with Crippen molar-refractivity contribution < 1.29 is 29.5 Å². The van der Waals surface area contributed by atoms with Crippen LogP contribution in [0.25, 0.3) is 0 Å². The maximum atomic E-state index is 9.72. The average molecular weight is 525 g/mol. The maximum Gasteiger partial charge on any atom is 0.0701 e. The second kappa shape index (κ2) is 13.0. The summed E-state index contributed by atoms with van der Waals surface area (Å²) in [5.74, 6) is 3.38. The molecule has 0 spiro atoms. The van der Waals surface area contributed by atoms with E-state index in [9.17, 15) is 15.3 Å². The van der Waals surface area contributed by atoms with Crippen LogP contribution in [0.2, 0.25) is 0 Å². The summed E-state index contributed by atoms with van der Waals surface area (Å²) in [6, 6.07) is 0. The smallest absolute Gasteiger partial charge is 0.0701 e.